The van der Waals surface area contributed by atoms with Gasteiger partial charge in [0, 0.05) is 24.1 Å². The molecule has 0 nitrogen and oxygen atoms in total. The van der Waals surface area contributed by atoms with Crippen molar-refractivity contribution in [2.75, 3.05) is 0 Å². The molecule has 94 valence electrons. The predicted molar refractivity (Wildman–Crippen MR) is 115 cm³/mol. The first-order valence-electron chi connectivity index (χ1n) is 4.81. The minimum Gasteiger partial charge on any atom is -0.0514 e. The van der Waals surface area contributed by atoms with Gasteiger partial charge in [-0.25, -0.2) is 0 Å². The Kier molecular flexibility index (Phi) is 7.21. The van der Waals surface area contributed by atoms with Crippen LogP contribution in [-0.2, 0) is 0 Å². The first kappa shape index (κ1) is 16.4. The Balaban J connectivity index is 2.11. The van der Waals surface area contributed by atoms with Crippen LogP contribution in [0.4, 0.5) is 0 Å². The van der Waals surface area contributed by atoms with Gasteiger partial charge in [-0.15, -0.1) is 0 Å². The molecular formula is C12H6I4S2. The average molecular weight is 722 g/mol. The van der Waals surface area contributed by atoms with Crippen molar-refractivity contribution in [2.45, 2.75) is 9.79 Å². The van der Waals surface area contributed by atoms with Crippen molar-refractivity contribution in [2.24, 2.45) is 0 Å². The number of hydrogen-bond donors (Lipinski definition) is 0. The van der Waals surface area contributed by atoms with Gasteiger partial charge in [0.2, 0.25) is 0 Å². The molecule has 0 spiro atoms. The molecular weight excluding hydrogens is 716 g/mol. The molecule has 0 atom stereocenters. The Hall–Kier alpha value is 2.06. The smallest absolute Gasteiger partial charge is 0.0320 e. The second-order valence-electron chi connectivity index (χ2n) is 3.32. The van der Waals surface area contributed by atoms with Gasteiger partial charge < -0.3 is 0 Å². The van der Waals surface area contributed by atoms with Crippen molar-refractivity contribution in [1.29, 1.82) is 0 Å². The molecule has 0 bridgehead atoms. The topological polar surface area (TPSA) is 0 Å². The molecule has 0 aromatic heterocycles. The van der Waals surface area contributed by atoms with Crippen molar-refractivity contribution < 1.29 is 0 Å². The zero-order valence-corrected chi connectivity index (χ0v) is 19.1. The fraction of sp³-hybridized carbons (Fsp3) is 0. The largest absolute Gasteiger partial charge is 0.0514 e. The van der Waals surface area contributed by atoms with Gasteiger partial charge in [-0.3, -0.25) is 0 Å². The molecule has 0 N–H and O–H groups in total. The fourth-order valence-electron chi connectivity index (χ4n) is 1.18. The van der Waals surface area contributed by atoms with Gasteiger partial charge in [0.05, 0.1) is 0 Å². The fourth-order valence-corrected chi connectivity index (χ4v) is 8.05. The highest BCUT2D eigenvalue weighted by molar-refractivity contribution is 14.1. The Morgan fingerprint density at radius 3 is 1.33 bits per heavy atom. The minimum absolute atomic E-state index is 1.29. The van der Waals surface area contributed by atoms with Crippen LogP contribution in [-0.4, -0.2) is 0 Å². The van der Waals surface area contributed by atoms with E-state index in [4.69, 9.17) is 0 Å². The van der Waals surface area contributed by atoms with Gasteiger partial charge in [-0.05, 0) is 127 Å². The van der Waals surface area contributed by atoms with Crippen LogP contribution in [0.5, 0.6) is 0 Å². The van der Waals surface area contributed by atoms with Crippen LogP contribution >= 0.6 is 112 Å². The molecule has 2 aromatic carbocycles. The summed E-state index contributed by atoms with van der Waals surface area (Å²) >= 11 is 9.50. The van der Waals surface area contributed by atoms with E-state index in [-0.39, 0.29) is 0 Å². The van der Waals surface area contributed by atoms with E-state index in [1.54, 1.807) is 0 Å². The average Bonchev–Trinajstić information content (AvgIpc) is 2.30. The molecule has 0 fully saturated rings. The lowest BCUT2D eigenvalue weighted by molar-refractivity contribution is 1.38. The van der Waals surface area contributed by atoms with Gasteiger partial charge in [-0.1, -0.05) is 21.6 Å². The van der Waals surface area contributed by atoms with Crippen molar-refractivity contribution >= 4 is 112 Å². The quantitative estimate of drug-likeness (QED) is 0.250. The van der Waals surface area contributed by atoms with E-state index in [0.717, 1.165) is 0 Å². The van der Waals surface area contributed by atoms with E-state index in [1.165, 1.54) is 24.1 Å². The number of hydrogen-bond acceptors (Lipinski definition) is 2. The summed E-state index contributed by atoms with van der Waals surface area (Å²) in [6.45, 7) is 0. The Morgan fingerprint density at radius 2 is 1.00 bits per heavy atom. The second kappa shape index (κ2) is 7.90. The highest BCUT2D eigenvalue weighted by Gasteiger charge is 2.06. The van der Waals surface area contributed by atoms with Gasteiger partial charge >= 0.3 is 0 Å². The molecule has 0 radical (unpaired) electrons. The summed E-state index contributed by atoms with van der Waals surface area (Å²) < 4.78 is 5.21. The molecule has 0 amide bonds. The van der Waals surface area contributed by atoms with E-state index in [0.29, 0.717) is 0 Å². The molecule has 0 aliphatic heterocycles. The molecule has 18 heavy (non-hydrogen) atoms. The number of rotatable bonds is 3. The van der Waals surface area contributed by atoms with Gasteiger partial charge in [0.1, 0.15) is 0 Å². The highest BCUT2D eigenvalue weighted by atomic mass is 127. The lowest BCUT2D eigenvalue weighted by atomic mass is 10.4. The molecule has 0 heterocycles. The van der Waals surface area contributed by atoms with E-state index >= 15 is 0 Å². The summed E-state index contributed by atoms with van der Waals surface area (Å²) in [4.78, 5) is 2.66. The van der Waals surface area contributed by atoms with Crippen molar-refractivity contribution in [1.82, 2.24) is 0 Å². The maximum atomic E-state index is 2.40. The van der Waals surface area contributed by atoms with Crippen LogP contribution in [0, 0.1) is 14.3 Å². The van der Waals surface area contributed by atoms with Gasteiger partial charge in [-0.2, -0.15) is 0 Å². The Bertz CT molecular complexity index is 520. The van der Waals surface area contributed by atoms with Crippen LogP contribution in [0.3, 0.4) is 0 Å². The Morgan fingerprint density at radius 1 is 0.611 bits per heavy atom. The highest BCUT2D eigenvalue weighted by Crippen LogP contribution is 2.41. The monoisotopic (exact) mass is 722 g/mol. The van der Waals surface area contributed by atoms with E-state index in [9.17, 15) is 0 Å². The first-order chi connectivity index (χ1) is 8.56. The maximum absolute atomic E-state index is 2.40. The Labute approximate surface area is 169 Å². The summed E-state index contributed by atoms with van der Waals surface area (Å²) in [5, 5.41) is 0. The zero-order valence-electron chi connectivity index (χ0n) is 8.79. The summed E-state index contributed by atoms with van der Waals surface area (Å²) in [7, 11) is 3.65. The van der Waals surface area contributed by atoms with Crippen LogP contribution in [0.15, 0.2) is 46.2 Å². The molecule has 2 rings (SSSR count). The van der Waals surface area contributed by atoms with E-state index in [1.807, 2.05) is 21.6 Å². The summed E-state index contributed by atoms with van der Waals surface area (Å²) in [5.74, 6) is 0. The third kappa shape index (κ3) is 4.81. The molecule has 2 aromatic rings. The minimum atomic E-state index is 1.29. The summed E-state index contributed by atoms with van der Waals surface area (Å²) in [6.07, 6.45) is 0. The third-order valence-corrected chi connectivity index (χ3v) is 8.35. The summed E-state index contributed by atoms with van der Waals surface area (Å²) in [5.41, 5.74) is 0. The van der Waals surface area contributed by atoms with Crippen molar-refractivity contribution in [3.63, 3.8) is 0 Å². The summed E-state index contributed by atoms with van der Waals surface area (Å²) in [6, 6.07) is 13.1. The lowest BCUT2D eigenvalue weighted by Crippen LogP contribution is -1.81. The lowest BCUT2D eigenvalue weighted by Gasteiger charge is -2.06. The van der Waals surface area contributed by atoms with Crippen LogP contribution in [0.25, 0.3) is 0 Å². The van der Waals surface area contributed by atoms with E-state index < -0.39 is 0 Å². The molecule has 0 aliphatic rings. The van der Waals surface area contributed by atoms with Crippen molar-refractivity contribution in [3.8, 4) is 0 Å². The number of benzene rings is 2. The molecule has 0 saturated heterocycles. The predicted octanol–water partition coefficient (Wildman–Crippen LogP) is 6.90. The van der Waals surface area contributed by atoms with Crippen LogP contribution in [0.2, 0.25) is 0 Å². The van der Waals surface area contributed by atoms with Crippen LogP contribution < -0.4 is 0 Å². The normalized spacial score (nSPS) is 10.7. The van der Waals surface area contributed by atoms with Crippen molar-refractivity contribution in [3.05, 3.63) is 50.7 Å². The van der Waals surface area contributed by atoms with Gasteiger partial charge in [0.15, 0.2) is 0 Å². The third-order valence-electron chi connectivity index (χ3n) is 2.01. The molecule has 0 unspecified atom stereocenters. The standard InChI is InChI=1S/C12H6I4S2/c13-7-1-3-11(9(15)5-7)17-18-12-4-2-8(14)6-10(12)16/h1-6H. The first-order valence-corrected chi connectivity index (χ1v) is 11.3. The zero-order chi connectivity index (χ0) is 13.1. The molecule has 0 aliphatic carbocycles. The van der Waals surface area contributed by atoms with Gasteiger partial charge in [0.25, 0.3) is 0 Å². The maximum Gasteiger partial charge on any atom is 0.0320 e. The second-order valence-corrected chi connectivity index (χ2v) is 10.3. The molecule has 0 saturated carbocycles. The molecule has 6 heteroatoms. The number of halogens is 4. The van der Waals surface area contributed by atoms with Crippen LogP contribution in [0.1, 0.15) is 0 Å². The SMILES string of the molecule is Ic1ccc(SSc2ccc(I)cc2I)c(I)c1. The van der Waals surface area contributed by atoms with E-state index in [2.05, 4.69) is 127 Å².